The van der Waals surface area contributed by atoms with Crippen molar-refractivity contribution in [3.8, 4) is 0 Å². The van der Waals surface area contributed by atoms with Crippen LogP contribution in [0.3, 0.4) is 0 Å². The highest BCUT2D eigenvalue weighted by Crippen LogP contribution is 2.39. The molecule has 0 amide bonds. The molecule has 0 bridgehead atoms. The fourth-order valence-electron chi connectivity index (χ4n) is 2.30. The van der Waals surface area contributed by atoms with Crippen LogP contribution in [0.25, 0.3) is 0 Å². The van der Waals surface area contributed by atoms with Crippen LogP contribution in [0, 0.1) is 0 Å². The summed E-state index contributed by atoms with van der Waals surface area (Å²) in [6.07, 6.45) is 2.44. The Morgan fingerprint density at radius 3 is 2.81 bits per heavy atom. The lowest BCUT2D eigenvalue weighted by Gasteiger charge is -2.08. The van der Waals surface area contributed by atoms with Crippen molar-refractivity contribution >= 4 is 24.2 Å². The van der Waals surface area contributed by atoms with Crippen molar-refractivity contribution in [2.45, 2.75) is 25.3 Å². The molecule has 0 radical (unpaired) electrons. The summed E-state index contributed by atoms with van der Waals surface area (Å²) in [5.74, 6) is 0.640. The molecule has 21 heavy (non-hydrogen) atoms. The van der Waals surface area contributed by atoms with Gasteiger partial charge in [0.25, 0.3) is 0 Å². The normalized spacial score (nSPS) is 13.6. The second kappa shape index (κ2) is 6.18. The van der Waals surface area contributed by atoms with Gasteiger partial charge in [0.15, 0.2) is 0 Å². The minimum Gasteiger partial charge on any atom is -0.478 e. The number of nitrogens with zero attached hydrogens (tertiary/aromatic N) is 2. The quantitative estimate of drug-likeness (QED) is 0.891. The summed E-state index contributed by atoms with van der Waals surface area (Å²) >= 11 is 0. The summed E-state index contributed by atoms with van der Waals surface area (Å²) in [6.45, 7) is 0.478. The molecular weight excluding hydrogens is 290 g/mol. The van der Waals surface area contributed by atoms with Gasteiger partial charge < -0.3 is 10.4 Å². The second-order valence-electron chi connectivity index (χ2n) is 5.17. The number of aromatic nitrogens is 2. The highest BCUT2D eigenvalue weighted by atomic mass is 35.5. The molecule has 2 aromatic rings. The topological polar surface area (TPSA) is 67.2 Å². The monoisotopic (exact) mass is 307 g/mol. The summed E-state index contributed by atoms with van der Waals surface area (Å²) in [5.41, 5.74) is 2.24. The van der Waals surface area contributed by atoms with E-state index in [0.717, 1.165) is 17.1 Å². The summed E-state index contributed by atoms with van der Waals surface area (Å²) < 4.78 is 1.82. The molecule has 0 unspecified atom stereocenters. The van der Waals surface area contributed by atoms with Gasteiger partial charge in [0, 0.05) is 25.6 Å². The van der Waals surface area contributed by atoms with E-state index in [1.807, 2.05) is 23.9 Å². The van der Waals surface area contributed by atoms with E-state index in [4.69, 9.17) is 5.11 Å². The van der Waals surface area contributed by atoms with Crippen LogP contribution in [0.2, 0.25) is 0 Å². The second-order valence-corrected chi connectivity index (χ2v) is 5.17. The van der Waals surface area contributed by atoms with Gasteiger partial charge in [-0.2, -0.15) is 5.10 Å². The first-order chi connectivity index (χ1) is 9.65. The molecule has 2 N–H and O–H groups in total. The van der Waals surface area contributed by atoms with Gasteiger partial charge in [-0.25, -0.2) is 4.79 Å². The van der Waals surface area contributed by atoms with Crippen LogP contribution in [0.15, 0.2) is 30.3 Å². The van der Waals surface area contributed by atoms with E-state index in [9.17, 15) is 4.79 Å². The Kier molecular flexibility index (Phi) is 4.53. The summed E-state index contributed by atoms with van der Waals surface area (Å²) in [5, 5.41) is 16.9. The molecule has 1 fully saturated rings. The van der Waals surface area contributed by atoms with Gasteiger partial charge >= 0.3 is 5.97 Å². The largest absolute Gasteiger partial charge is 0.478 e. The van der Waals surface area contributed by atoms with Crippen molar-refractivity contribution in [2.24, 2.45) is 7.05 Å². The van der Waals surface area contributed by atoms with E-state index in [-0.39, 0.29) is 12.4 Å². The van der Waals surface area contributed by atoms with E-state index in [1.54, 1.807) is 12.1 Å². The summed E-state index contributed by atoms with van der Waals surface area (Å²) in [6, 6.07) is 9.10. The average Bonchev–Trinajstić information content (AvgIpc) is 3.21. The Labute approximate surface area is 129 Å². The molecule has 0 aliphatic heterocycles. The highest BCUT2D eigenvalue weighted by Gasteiger charge is 2.26. The molecule has 5 nitrogen and oxygen atoms in total. The highest BCUT2D eigenvalue weighted by molar-refractivity contribution is 5.89. The molecule has 1 heterocycles. The Morgan fingerprint density at radius 2 is 2.14 bits per heavy atom. The molecule has 1 saturated carbocycles. The van der Waals surface area contributed by atoms with Crippen molar-refractivity contribution in [1.82, 2.24) is 9.78 Å². The number of halogens is 1. The zero-order chi connectivity index (χ0) is 14.1. The van der Waals surface area contributed by atoms with Crippen LogP contribution >= 0.6 is 12.4 Å². The maximum absolute atomic E-state index is 11.2. The lowest BCUT2D eigenvalue weighted by atomic mass is 10.1. The lowest BCUT2D eigenvalue weighted by molar-refractivity contribution is 0.0696. The molecule has 112 valence electrons. The maximum atomic E-state index is 11.2. The van der Waals surface area contributed by atoms with Crippen LogP contribution in [0.4, 0.5) is 5.82 Å². The number of rotatable bonds is 5. The molecule has 6 heteroatoms. The standard InChI is InChI=1S/C15H17N3O2.ClH/c1-18-14(8-13(17-18)10-6-7-10)16-9-11-4-2-3-5-12(11)15(19)20;/h2-5,8,10,16H,6-7,9H2,1H3,(H,19,20);1H. The van der Waals surface area contributed by atoms with E-state index < -0.39 is 5.97 Å². The van der Waals surface area contributed by atoms with Crippen LogP contribution in [0.1, 0.15) is 40.4 Å². The number of carboxylic acids is 1. The van der Waals surface area contributed by atoms with Crippen molar-refractivity contribution < 1.29 is 9.90 Å². The van der Waals surface area contributed by atoms with Gasteiger partial charge in [0.2, 0.25) is 0 Å². The van der Waals surface area contributed by atoms with Crippen molar-refractivity contribution in [2.75, 3.05) is 5.32 Å². The number of nitrogens with one attached hydrogen (secondary N) is 1. The number of carbonyl (C=O) groups is 1. The van der Waals surface area contributed by atoms with Crippen molar-refractivity contribution in [3.05, 3.63) is 47.2 Å². The Bertz CT molecular complexity index is 650. The molecular formula is C15H18ClN3O2. The van der Waals surface area contributed by atoms with Gasteiger partial charge in [0.05, 0.1) is 11.3 Å². The fraction of sp³-hybridized carbons (Fsp3) is 0.333. The molecule has 1 aromatic carbocycles. The van der Waals surface area contributed by atoms with Gasteiger partial charge in [-0.05, 0) is 24.5 Å². The first-order valence-corrected chi connectivity index (χ1v) is 6.74. The Hall–Kier alpha value is -2.01. The van der Waals surface area contributed by atoms with E-state index in [2.05, 4.69) is 16.5 Å². The van der Waals surface area contributed by atoms with Gasteiger partial charge in [-0.1, -0.05) is 18.2 Å². The van der Waals surface area contributed by atoms with Crippen LogP contribution in [-0.4, -0.2) is 20.9 Å². The van der Waals surface area contributed by atoms with Gasteiger partial charge in [-0.15, -0.1) is 12.4 Å². The molecule has 0 saturated heterocycles. The molecule has 3 rings (SSSR count). The SMILES string of the molecule is Cl.Cn1nc(C2CC2)cc1NCc1ccccc1C(=O)O. The number of benzene rings is 1. The minimum absolute atomic E-state index is 0. The third-order valence-corrected chi connectivity index (χ3v) is 3.60. The molecule has 1 aliphatic carbocycles. The predicted octanol–water partition coefficient (Wildman–Crippen LogP) is 3.03. The van der Waals surface area contributed by atoms with E-state index in [1.165, 1.54) is 12.8 Å². The number of aryl methyl sites for hydroxylation is 1. The number of carboxylic acid groups (broad SMARTS) is 1. The van der Waals surface area contributed by atoms with Crippen LogP contribution < -0.4 is 5.32 Å². The molecule has 1 aromatic heterocycles. The van der Waals surface area contributed by atoms with Crippen LogP contribution in [-0.2, 0) is 13.6 Å². The zero-order valence-electron chi connectivity index (χ0n) is 11.7. The first-order valence-electron chi connectivity index (χ1n) is 6.74. The van der Waals surface area contributed by atoms with Crippen LogP contribution in [0.5, 0.6) is 0 Å². The average molecular weight is 308 g/mol. The third-order valence-electron chi connectivity index (χ3n) is 3.60. The number of hydrogen-bond acceptors (Lipinski definition) is 3. The fourth-order valence-corrected chi connectivity index (χ4v) is 2.30. The molecule has 1 aliphatic rings. The van der Waals surface area contributed by atoms with E-state index in [0.29, 0.717) is 18.0 Å². The predicted molar refractivity (Wildman–Crippen MR) is 83.2 cm³/mol. The van der Waals surface area contributed by atoms with Crippen molar-refractivity contribution in [3.63, 3.8) is 0 Å². The minimum atomic E-state index is -0.897. The summed E-state index contributed by atoms with van der Waals surface area (Å²) in [4.78, 5) is 11.2. The summed E-state index contributed by atoms with van der Waals surface area (Å²) in [7, 11) is 1.90. The Morgan fingerprint density at radius 1 is 1.43 bits per heavy atom. The molecule has 0 spiro atoms. The number of aromatic carboxylic acids is 1. The number of hydrogen-bond donors (Lipinski definition) is 2. The maximum Gasteiger partial charge on any atom is 0.336 e. The number of anilines is 1. The van der Waals surface area contributed by atoms with Gasteiger partial charge in [0.1, 0.15) is 5.82 Å². The zero-order valence-corrected chi connectivity index (χ0v) is 12.6. The van der Waals surface area contributed by atoms with E-state index >= 15 is 0 Å². The van der Waals surface area contributed by atoms with Gasteiger partial charge in [-0.3, -0.25) is 4.68 Å². The molecule has 0 atom stereocenters. The third kappa shape index (κ3) is 3.36. The Balaban J connectivity index is 0.00000161. The smallest absolute Gasteiger partial charge is 0.336 e. The van der Waals surface area contributed by atoms with Crippen molar-refractivity contribution in [1.29, 1.82) is 0 Å². The first kappa shape index (κ1) is 15.4. The lowest BCUT2D eigenvalue weighted by Crippen LogP contribution is -2.09.